The SMILES string of the molecule is Cc1cccc(C2OCC(OCc3ccccc3F)CO2)c1. The van der Waals surface area contributed by atoms with Crippen LogP contribution in [0.1, 0.15) is 23.0 Å². The van der Waals surface area contributed by atoms with Crippen LogP contribution in [0.25, 0.3) is 0 Å². The number of aryl methyl sites for hydroxylation is 1. The zero-order chi connectivity index (χ0) is 15.4. The standard InChI is InChI=1S/C18H19FO3/c1-13-5-4-7-14(9-13)18-21-11-16(12-22-18)20-10-15-6-2-3-8-17(15)19/h2-9,16,18H,10-12H2,1H3. The third-order valence-corrected chi connectivity index (χ3v) is 3.61. The summed E-state index contributed by atoms with van der Waals surface area (Å²) in [6, 6.07) is 14.7. The Hall–Kier alpha value is -1.75. The molecule has 0 amide bonds. The molecule has 2 aromatic carbocycles. The van der Waals surface area contributed by atoms with Gasteiger partial charge < -0.3 is 14.2 Å². The van der Waals surface area contributed by atoms with Crippen LogP contribution >= 0.6 is 0 Å². The van der Waals surface area contributed by atoms with Crippen LogP contribution in [0.5, 0.6) is 0 Å². The molecule has 1 aliphatic rings. The van der Waals surface area contributed by atoms with Gasteiger partial charge in [0, 0.05) is 11.1 Å². The van der Waals surface area contributed by atoms with E-state index in [1.54, 1.807) is 18.2 Å². The second-order valence-electron chi connectivity index (χ2n) is 5.44. The van der Waals surface area contributed by atoms with Crippen molar-refractivity contribution in [2.24, 2.45) is 0 Å². The smallest absolute Gasteiger partial charge is 0.184 e. The van der Waals surface area contributed by atoms with Crippen molar-refractivity contribution in [3.05, 3.63) is 71.0 Å². The van der Waals surface area contributed by atoms with Crippen molar-refractivity contribution in [2.75, 3.05) is 13.2 Å². The third kappa shape index (κ3) is 3.71. The first kappa shape index (κ1) is 15.2. The van der Waals surface area contributed by atoms with Crippen molar-refractivity contribution in [1.29, 1.82) is 0 Å². The highest BCUT2D eigenvalue weighted by Crippen LogP contribution is 2.24. The molecular weight excluding hydrogens is 283 g/mol. The topological polar surface area (TPSA) is 27.7 Å². The Morgan fingerprint density at radius 1 is 1.09 bits per heavy atom. The minimum atomic E-state index is -0.354. The van der Waals surface area contributed by atoms with E-state index in [0.717, 1.165) is 5.56 Å². The molecule has 0 aliphatic carbocycles. The minimum absolute atomic E-state index is 0.180. The number of halogens is 1. The highest BCUT2D eigenvalue weighted by Gasteiger charge is 2.24. The quantitative estimate of drug-likeness (QED) is 0.860. The van der Waals surface area contributed by atoms with Crippen molar-refractivity contribution in [2.45, 2.75) is 25.9 Å². The van der Waals surface area contributed by atoms with Gasteiger partial charge in [-0.2, -0.15) is 0 Å². The van der Waals surface area contributed by atoms with Crippen LogP contribution < -0.4 is 0 Å². The summed E-state index contributed by atoms with van der Waals surface area (Å²) in [5.74, 6) is -0.252. The molecule has 1 aliphatic heterocycles. The van der Waals surface area contributed by atoms with Gasteiger partial charge in [0.2, 0.25) is 0 Å². The van der Waals surface area contributed by atoms with E-state index in [2.05, 4.69) is 0 Å². The van der Waals surface area contributed by atoms with E-state index in [-0.39, 0.29) is 24.8 Å². The molecule has 0 N–H and O–H groups in total. The Labute approximate surface area is 129 Å². The summed E-state index contributed by atoms with van der Waals surface area (Å²) in [6.45, 7) is 3.13. The average molecular weight is 302 g/mol. The van der Waals surface area contributed by atoms with Crippen LogP contribution in [0.15, 0.2) is 48.5 Å². The lowest BCUT2D eigenvalue weighted by Gasteiger charge is -2.29. The van der Waals surface area contributed by atoms with Crippen LogP contribution in [0.2, 0.25) is 0 Å². The van der Waals surface area contributed by atoms with Crippen molar-refractivity contribution in [1.82, 2.24) is 0 Å². The summed E-state index contributed by atoms with van der Waals surface area (Å²) >= 11 is 0. The van der Waals surface area contributed by atoms with Gasteiger partial charge in [0.25, 0.3) is 0 Å². The summed E-state index contributed by atoms with van der Waals surface area (Å²) in [6.07, 6.45) is -0.533. The number of hydrogen-bond donors (Lipinski definition) is 0. The zero-order valence-corrected chi connectivity index (χ0v) is 12.5. The normalized spacial score (nSPS) is 21.7. The van der Waals surface area contributed by atoms with Gasteiger partial charge in [-0.1, -0.05) is 48.0 Å². The fourth-order valence-corrected chi connectivity index (χ4v) is 2.41. The van der Waals surface area contributed by atoms with E-state index in [9.17, 15) is 4.39 Å². The van der Waals surface area contributed by atoms with Crippen LogP contribution in [0.4, 0.5) is 4.39 Å². The molecule has 3 nitrogen and oxygen atoms in total. The number of benzene rings is 2. The second kappa shape index (κ2) is 7.01. The maximum atomic E-state index is 13.5. The molecule has 3 rings (SSSR count). The lowest BCUT2D eigenvalue weighted by atomic mass is 10.1. The monoisotopic (exact) mass is 302 g/mol. The Kier molecular flexibility index (Phi) is 4.83. The van der Waals surface area contributed by atoms with Gasteiger partial charge >= 0.3 is 0 Å². The summed E-state index contributed by atoms with van der Waals surface area (Å²) in [7, 11) is 0. The summed E-state index contributed by atoms with van der Waals surface area (Å²) < 4.78 is 30.6. The van der Waals surface area contributed by atoms with Crippen LogP contribution in [-0.4, -0.2) is 19.3 Å². The Morgan fingerprint density at radius 2 is 1.86 bits per heavy atom. The first-order chi connectivity index (χ1) is 10.7. The Balaban J connectivity index is 1.51. The minimum Gasteiger partial charge on any atom is -0.369 e. The molecule has 116 valence electrons. The maximum absolute atomic E-state index is 13.5. The van der Waals surface area contributed by atoms with Gasteiger partial charge in [-0.3, -0.25) is 0 Å². The summed E-state index contributed by atoms with van der Waals surface area (Å²) in [5, 5.41) is 0. The Bertz CT molecular complexity index is 621. The predicted octanol–water partition coefficient (Wildman–Crippen LogP) is 3.76. The second-order valence-corrected chi connectivity index (χ2v) is 5.44. The number of hydrogen-bond acceptors (Lipinski definition) is 3. The first-order valence-electron chi connectivity index (χ1n) is 7.37. The molecular formula is C18H19FO3. The van der Waals surface area contributed by atoms with Gasteiger partial charge in [-0.05, 0) is 13.0 Å². The average Bonchev–Trinajstić information content (AvgIpc) is 2.55. The highest BCUT2D eigenvalue weighted by molar-refractivity contribution is 5.23. The molecule has 4 heteroatoms. The van der Waals surface area contributed by atoms with Crippen molar-refractivity contribution >= 4 is 0 Å². The van der Waals surface area contributed by atoms with Crippen LogP contribution in [-0.2, 0) is 20.8 Å². The lowest BCUT2D eigenvalue weighted by molar-refractivity contribution is -0.232. The van der Waals surface area contributed by atoms with Crippen molar-refractivity contribution < 1.29 is 18.6 Å². The number of ether oxygens (including phenoxy) is 3. The molecule has 0 atom stereocenters. The van der Waals surface area contributed by atoms with Crippen molar-refractivity contribution in [3.8, 4) is 0 Å². The maximum Gasteiger partial charge on any atom is 0.184 e. The van der Waals surface area contributed by atoms with Gasteiger partial charge in [0.05, 0.1) is 19.8 Å². The summed E-state index contributed by atoms with van der Waals surface area (Å²) in [4.78, 5) is 0. The molecule has 0 bridgehead atoms. The molecule has 0 radical (unpaired) electrons. The first-order valence-corrected chi connectivity index (χ1v) is 7.37. The van der Waals surface area contributed by atoms with Gasteiger partial charge in [0.15, 0.2) is 6.29 Å². The van der Waals surface area contributed by atoms with E-state index >= 15 is 0 Å². The zero-order valence-electron chi connectivity index (χ0n) is 12.5. The van der Waals surface area contributed by atoms with E-state index < -0.39 is 0 Å². The third-order valence-electron chi connectivity index (χ3n) is 3.61. The predicted molar refractivity (Wildman–Crippen MR) is 80.8 cm³/mol. The molecule has 0 aromatic heterocycles. The molecule has 2 aromatic rings. The fraction of sp³-hybridized carbons (Fsp3) is 0.333. The van der Waals surface area contributed by atoms with Gasteiger partial charge in [0.1, 0.15) is 11.9 Å². The van der Waals surface area contributed by atoms with Crippen molar-refractivity contribution in [3.63, 3.8) is 0 Å². The molecule has 1 heterocycles. The molecule has 22 heavy (non-hydrogen) atoms. The Morgan fingerprint density at radius 3 is 2.59 bits per heavy atom. The molecule has 1 fully saturated rings. The van der Waals surface area contributed by atoms with Crippen LogP contribution in [0.3, 0.4) is 0 Å². The molecule has 0 saturated carbocycles. The molecule has 1 saturated heterocycles. The highest BCUT2D eigenvalue weighted by atomic mass is 19.1. The summed E-state index contributed by atoms with van der Waals surface area (Å²) in [5.41, 5.74) is 2.72. The fourth-order valence-electron chi connectivity index (χ4n) is 2.41. The van der Waals surface area contributed by atoms with Gasteiger partial charge in [-0.25, -0.2) is 4.39 Å². The lowest BCUT2D eigenvalue weighted by Crippen LogP contribution is -2.33. The molecule has 0 spiro atoms. The molecule has 0 unspecified atom stereocenters. The van der Waals surface area contributed by atoms with E-state index in [1.807, 2.05) is 31.2 Å². The van der Waals surface area contributed by atoms with E-state index in [1.165, 1.54) is 11.6 Å². The van der Waals surface area contributed by atoms with Crippen LogP contribution in [0, 0.1) is 12.7 Å². The van der Waals surface area contributed by atoms with Gasteiger partial charge in [-0.15, -0.1) is 0 Å². The van der Waals surface area contributed by atoms with E-state index in [0.29, 0.717) is 18.8 Å². The number of rotatable bonds is 4. The largest absolute Gasteiger partial charge is 0.369 e. The van der Waals surface area contributed by atoms with E-state index in [4.69, 9.17) is 14.2 Å².